The van der Waals surface area contributed by atoms with Gasteiger partial charge in [0.15, 0.2) is 6.61 Å². The highest BCUT2D eigenvalue weighted by Gasteiger charge is 2.04. The van der Waals surface area contributed by atoms with Gasteiger partial charge in [0.25, 0.3) is 5.91 Å². The fraction of sp³-hybridized carbons (Fsp3) is 0.100. The second kappa shape index (κ2) is 7.81. The highest BCUT2D eigenvalue weighted by molar-refractivity contribution is 6.30. The Kier molecular flexibility index (Phi) is 5.31. The normalized spacial score (nSPS) is 11.4. The second-order valence-electron chi connectivity index (χ2n) is 5.54. The van der Waals surface area contributed by atoms with Gasteiger partial charge >= 0.3 is 0 Å². The molecule has 0 bridgehead atoms. The predicted molar refractivity (Wildman–Crippen MR) is 101 cm³/mol. The molecule has 25 heavy (non-hydrogen) atoms. The van der Waals surface area contributed by atoms with E-state index in [1.54, 1.807) is 24.3 Å². The summed E-state index contributed by atoms with van der Waals surface area (Å²) in [6, 6.07) is 21.0. The van der Waals surface area contributed by atoms with Gasteiger partial charge in [0.1, 0.15) is 5.75 Å². The van der Waals surface area contributed by atoms with E-state index in [4.69, 9.17) is 16.3 Å². The van der Waals surface area contributed by atoms with Crippen LogP contribution in [0.1, 0.15) is 12.5 Å². The molecule has 3 aromatic carbocycles. The predicted octanol–water partition coefficient (Wildman–Crippen LogP) is 4.41. The van der Waals surface area contributed by atoms with Crippen molar-refractivity contribution in [3.63, 3.8) is 0 Å². The number of hydrogen-bond donors (Lipinski definition) is 1. The maximum absolute atomic E-state index is 11.9. The zero-order chi connectivity index (χ0) is 17.6. The molecule has 126 valence electrons. The number of nitrogens with zero attached hydrogens (tertiary/aromatic N) is 1. The number of halogens is 1. The summed E-state index contributed by atoms with van der Waals surface area (Å²) in [6.45, 7) is 1.74. The minimum absolute atomic E-state index is 0.115. The average Bonchev–Trinajstić information content (AvgIpc) is 2.65. The summed E-state index contributed by atoms with van der Waals surface area (Å²) >= 11 is 5.80. The average molecular weight is 353 g/mol. The highest BCUT2D eigenvalue weighted by atomic mass is 35.5. The van der Waals surface area contributed by atoms with Crippen molar-refractivity contribution < 1.29 is 9.53 Å². The third kappa shape index (κ3) is 4.58. The van der Waals surface area contributed by atoms with Gasteiger partial charge in [-0.05, 0) is 53.6 Å². The molecule has 1 amide bonds. The van der Waals surface area contributed by atoms with Gasteiger partial charge in [-0.2, -0.15) is 5.10 Å². The van der Waals surface area contributed by atoms with Gasteiger partial charge < -0.3 is 4.74 Å². The molecule has 0 radical (unpaired) electrons. The number of benzene rings is 3. The Morgan fingerprint density at radius 2 is 1.76 bits per heavy atom. The first-order valence-electron chi connectivity index (χ1n) is 7.82. The molecular weight excluding hydrogens is 336 g/mol. The lowest BCUT2D eigenvalue weighted by atomic mass is 10.0. The lowest BCUT2D eigenvalue weighted by Gasteiger charge is -2.06. The standard InChI is InChI=1S/C20H17ClN2O2/c1-14(16-7-6-15-4-2-3-5-17(15)12-16)22-23-20(24)13-25-19-10-8-18(21)9-11-19/h2-12H,13H2,1H3,(H,23,24)/b22-14-. The molecule has 0 saturated carbocycles. The van der Waals surface area contributed by atoms with Crippen molar-refractivity contribution >= 4 is 34.0 Å². The fourth-order valence-electron chi connectivity index (χ4n) is 2.34. The van der Waals surface area contributed by atoms with Crippen molar-refractivity contribution in [2.24, 2.45) is 5.10 Å². The first-order chi connectivity index (χ1) is 12.1. The summed E-state index contributed by atoms with van der Waals surface area (Å²) in [7, 11) is 0. The molecular formula is C20H17ClN2O2. The van der Waals surface area contributed by atoms with Crippen LogP contribution < -0.4 is 10.2 Å². The molecule has 3 rings (SSSR count). The van der Waals surface area contributed by atoms with Crippen LogP contribution in [0.5, 0.6) is 5.75 Å². The summed E-state index contributed by atoms with van der Waals surface area (Å²) in [5, 5.41) is 7.06. The van der Waals surface area contributed by atoms with Gasteiger partial charge in [-0.1, -0.05) is 48.0 Å². The van der Waals surface area contributed by atoms with Crippen molar-refractivity contribution in [1.82, 2.24) is 5.43 Å². The third-order valence-electron chi connectivity index (χ3n) is 3.70. The van der Waals surface area contributed by atoms with Crippen molar-refractivity contribution in [3.05, 3.63) is 77.3 Å². The lowest BCUT2D eigenvalue weighted by Crippen LogP contribution is -2.25. The minimum atomic E-state index is -0.324. The van der Waals surface area contributed by atoms with Crippen molar-refractivity contribution in [1.29, 1.82) is 0 Å². The first kappa shape index (κ1) is 17.0. The topological polar surface area (TPSA) is 50.7 Å². The number of hydrogen-bond acceptors (Lipinski definition) is 3. The van der Waals surface area contributed by atoms with Crippen LogP contribution in [0.2, 0.25) is 5.02 Å². The number of amides is 1. The van der Waals surface area contributed by atoms with E-state index in [1.165, 1.54) is 5.39 Å². The van der Waals surface area contributed by atoms with Crippen LogP contribution in [0.15, 0.2) is 71.8 Å². The second-order valence-corrected chi connectivity index (χ2v) is 5.97. The van der Waals surface area contributed by atoms with Crippen LogP contribution in [-0.4, -0.2) is 18.2 Å². The van der Waals surface area contributed by atoms with Crippen LogP contribution in [0, 0.1) is 0 Å². The molecule has 0 saturated heterocycles. The number of rotatable bonds is 5. The molecule has 0 unspecified atom stereocenters. The Balaban J connectivity index is 1.59. The van der Waals surface area contributed by atoms with Crippen LogP contribution >= 0.6 is 11.6 Å². The quantitative estimate of drug-likeness (QED) is 0.546. The van der Waals surface area contributed by atoms with Crippen molar-refractivity contribution in [2.45, 2.75) is 6.92 Å². The Bertz CT molecular complexity index is 920. The molecule has 0 fully saturated rings. The van der Waals surface area contributed by atoms with Gasteiger partial charge in [-0.15, -0.1) is 0 Å². The Hall–Kier alpha value is -2.85. The number of carbonyl (C=O) groups is 1. The van der Waals surface area contributed by atoms with E-state index in [-0.39, 0.29) is 12.5 Å². The highest BCUT2D eigenvalue weighted by Crippen LogP contribution is 2.16. The van der Waals surface area contributed by atoms with Crippen LogP contribution in [-0.2, 0) is 4.79 Å². The van der Waals surface area contributed by atoms with E-state index < -0.39 is 0 Å². The summed E-state index contributed by atoms with van der Waals surface area (Å²) < 4.78 is 5.38. The smallest absolute Gasteiger partial charge is 0.277 e. The molecule has 1 N–H and O–H groups in total. The number of fused-ring (bicyclic) bond motifs is 1. The van der Waals surface area contributed by atoms with E-state index in [0.717, 1.165) is 16.7 Å². The Morgan fingerprint density at radius 1 is 1.04 bits per heavy atom. The van der Waals surface area contributed by atoms with E-state index in [0.29, 0.717) is 10.8 Å². The largest absolute Gasteiger partial charge is 0.484 e. The van der Waals surface area contributed by atoms with E-state index in [2.05, 4.69) is 16.6 Å². The van der Waals surface area contributed by atoms with Gasteiger partial charge in [0, 0.05) is 5.02 Å². The lowest BCUT2D eigenvalue weighted by molar-refractivity contribution is -0.123. The van der Waals surface area contributed by atoms with Gasteiger partial charge in [0.2, 0.25) is 0 Å². The molecule has 0 aliphatic heterocycles. The molecule has 0 atom stereocenters. The van der Waals surface area contributed by atoms with E-state index >= 15 is 0 Å². The van der Waals surface area contributed by atoms with Crippen LogP contribution in [0.25, 0.3) is 10.8 Å². The fourth-order valence-corrected chi connectivity index (χ4v) is 2.46. The SMILES string of the molecule is C/C(=N/NC(=O)COc1ccc(Cl)cc1)c1ccc2ccccc2c1. The number of carbonyl (C=O) groups excluding carboxylic acids is 1. The summed E-state index contributed by atoms with van der Waals surface area (Å²) in [4.78, 5) is 11.9. The van der Waals surface area contributed by atoms with Gasteiger partial charge in [-0.25, -0.2) is 5.43 Å². The molecule has 0 aliphatic carbocycles. The zero-order valence-corrected chi connectivity index (χ0v) is 14.5. The maximum Gasteiger partial charge on any atom is 0.277 e. The molecule has 0 spiro atoms. The van der Waals surface area contributed by atoms with Crippen molar-refractivity contribution in [2.75, 3.05) is 6.61 Å². The molecule has 5 heteroatoms. The summed E-state index contributed by atoms with van der Waals surface area (Å²) in [6.07, 6.45) is 0. The van der Waals surface area contributed by atoms with Gasteiger partial charge in [0.05, 0.1) is 5.71 Å². The van der Waals surface area contributed by atoms with Crippen LogP contribution in [0.4, 0.5) is 0 Å². The maximum atomic E-state index is 11.9. The Morgan fingerprint density at radius 3 is 2.52 bits per heavy atom. The van der Waals surface area contributed by atoms with E-state index in [1.807, 2.05) is 43.3 Å². The minimum Gasteiger partial charge on any atom is -0.484 e. The summed E-state index contributed by atoms with van der Waals surface area (Å²) in [5.74, 6) is 0.255. The Labute approximate surface area is 151 Å². The summed E-state index contributed by atoms with van der Waals surface area (Å²) in [5.41, 5.74) is 4.19. The zero-order valence-electron chi connectivity index (χ0n) is 13.7. The number of ether oxygens (including phenoxy) is 1. The molecule has 3 aromatic rings. The van der Waals surface area contributed by atoms with Crippen molar-refractivity contribution in [3.8, 4) is 5.75 Å². The number of hydrazone groups is 1. The van der Waals surface area contributed by atoms with E-state index in [9.17, 15) is 4.79 Å². The molecule has 0 aromatic heterocycles. The number of nitrogens with one attached hydrogen (secondary N) is 1. The third-order valence-corrected chi connectivity index (χ3v) is 3.95. The van der Waals surface area contributed by atoms with Crippen LogP contribution in [0.3, 0.4) is 0 Å². The monoisotopic (exact) mass is 352 g/mol. The molecule has 0 aliphatic rings. The first-order valence-corrected chi connectivity index (χ1v) is 8.20. The van der Waals surface area contributed by atoms with Gasteiger partial charge in [-0.3, -0.25) is 4.79 Å². The molecule has 4 nitrogen and oxygen atoms in total. The molecule has 0 heterocycles.